The van der Waals surface area contributed by atoms with Gasteiger partial charge in [-0.15, -0.1) is 0 Å². The van der Waals surface area contributed by atoms with Gasteiger partial charge >= 0.3 is 17.9 Å². The van der Waals surface area contributed by atoms with Crippen molar-refractivity contribution >= 4 is 17.9 Å². The Labute approximate surface area is 361 Å². The summed E-state index contributed by atoms with van der Waals surface area (Å²) in [6, 6.07) is 0. The first kappa shape index (κ1) is 56.4. The minimum absolute atomic E-state index is 0.0660. The van der Waals surface area contributed by atoms with E-state index in [9.17, 15) is 14.4 Å². The molecule has 0 radical (unpaired) electrons. The maximum Gasteiger partial charge on any atom is 0.306 e. The van der Waals surface area contributed by atoms with Gasteiger partial charge in [0.15, 0.2) is 6.10 Å². The van der Waals surface area contributed by atoms with Gasteiger partial charge in [0.2, 0.25) is 0 Å². The van der Waals surface area contributed by atoms with E-state index in [0.29, 0.717) is 19.3 Å². The molecular formula is C52H100O6. The molecule has 58 heavy (non-hydrogen) atoms. The number of rotatable bonds is 45. The Kier molecular flexibility index (Phi) is 42.3. The molecule has 0 aliphatic heterocycles. The topological polar surface area (TPSA) is 78.9 Å². The highest BCUT2D eigenvalue weighted by atomic mass is 16.6. The second-order valence-electron chi connectivity index (χ2n) is 19.0. The van der Waals surface area contributed by atoms with Gasteiger partial charge in [-0.3, -0.25) is 14.4 Å². The van der Waals surface area contributed by atoms with Crippen LogP contribution in [0.15, 0.2) is 0 Å². The van der Waals surface area contributed by atoms with Crippen molar-refractivity contribution in [1.82, 2.24) is 0 Å². The highest BCUT2D eigenvalue weighted by Crippen LogP contribution is 2.18. The van der Waals surface area contributed by atoms with Crippen LogP contribution in [0.25, 0.3) is 0 Å². The van der Waals surface area contributed by atoms with Crippen LogP contribution in [0.2, 0.25) is 0 Å². The molecule has 344 valence electrons. The Bertz CT molecular complexity index is 900. The zero-order chi connectivity index (χ0) is 42.7. The third-order valence-electron chi connectivity index (χ3n) is 12.0. The standard InChI is InChI=1S/C52H100O6/c1-7-48(6)40-34-28-24-25-30-36-42-51(54)57-45-49(44-56-50(53)41-35-29-22-19-18-21-27-33-39-47(4)5)58-52(55)43-37-31-23-17-15-13-11-9-8-10-12-14-16-20-26-32-38-46(2)3/h46-49H,7-45H2,1-6H3/t48?,49-/m1/s1. The van der Waals surface area contributed by atoms with Gasteiger partial charge in [0, 0.05) is 19.3 Å². The lowest BCUT2D eigenvalue weighted by Gasteiger charge is -2.18. The highest BCUT2D eigenvalue weighted by molar-refractivity contribution is 5.71. The third kappa shape index (κ3) is 44.0. The molecule has 2 atom stereocenters. The van der Waals surface area contributed by atoms with Gasteiger partial charge in [-0.25, -0.2) is 0 Å². The molecule has 6 nitrogen and oxygen atoms in total. The molecule has 0 saturated carbocycles. The number of unbranched alkanes of at least 4 members (excludes halogenated alkanes) is 27. The van der Waals surface area contributed by atoms with E-state index in [1.54, 1.807) is 0 Å². The monoisotopic (exact) mass is 821 g/mol. The van der Waals surface area contributed by atoms with Crippen LogP contribution in [-0.2, 0) is 28.6 Å². The summed E-state index contributed by atoms with van der Waals surface area (Å²) in [5.74, 6) is 1.60. The average molecular weight is 821 g/mol. The summed E-state index contributed by atoms with van der Waals surface area (Å²) >= 11 is 0. The van der Waals surface area contributed by atoms with Crippen LogP contribution in [0.4, 0.5) is 0 Å². The molecule has 0 fully saturated rings. The second kappa shape index (κ2) is 43.5. The molecule has 1 unspecified atom stereocenters. The molecular weight excluding hydrogens is 721 g/mol. The SMILES string of the molecule is CCC(C)CCCCCCCCC(=O)OC[C@@H](COC(=O)CCCCCCCCCCC(C)C)OC(=O)CCCCCCCCCCCCCCCCCCC(C)C. The lowest BCUT2D eigenvalue weighted by Crippen LogP contribution is -2.30. The number of hydrogen-bond acceptors (Lipinski definition) is 6. The average Bonchev–Trinajstić information content (AvgIpc) is 3.19. The quantitative estimate of drug-likeness (QED) is 0.0346. The van der Waals surface area contributed by atoms with Gasteiger partial charge in [0.25, 0.3) is 0 Å². The van der Waals surface area contributed by atoms with Crippen LogP contribution in [0.5, 0.6) is 0 Å². The molecule has 0 saturated heterocycles. The first-order valence-electron chi connectivity index (χ1n) is 25.6. The van der Waals surface area contributed by atoms with Gasteiger partial charge < -0.3 is 14.2 Å². The molecule has 0 aromatic carbocycles. The smallest absolute Gasteiger partial charge is 0.306 e. The Hall–Kier alpha value is -1.59. The van der Waals surface area contributed by atoms with Crippen LogP contribution in [-0.4, -0.2) is 37.2 Å². The van der Waals surface area contributed by atoms with E-state index in [2.05, 4.69) is 41.5 Å². The highest BCUT2D eigenvalue weighted by Gasteiger charge is 2.19. The van der Waals surface area contributed by atoms with Crippen molar-refractivity contribution in [2.75, 3.05) is 13.2 Å². The van der Waals surface area contributed by atoms with E-state index < -0.39 is 6.10 Å². The van der Waals surface area contributed by atoms with Gasteiger partial charge in [-0.05, 0) is 37.0 Å². The summed E-state index contributed by atoms with van der Waals surface area (Å²) in [7, 11) is 0. The van der Waals surface area contributed by atoms with Crippen LogP contribution in [0.3, 0.4) is 0 Å². The predicted molar refractivity (Wildman–Crippen MR) is 247 cm³/mol. The Balaban J connectivity index is 4.26. The summed E-state index contributed by atoms with van der Waals surface area (Å²) in [4.78, 5) is 37.9. The minimum atomic E-state index is -0.763. The Morgan fingerprint density at radius 3 is 0.897 bits per heavy atom. The fourth-order valence-electron chi connectivity index (χ4n) is 7.73. The summed E-state index contributed by atoms with van der Waals surface area (Å²) in [5, 5.41) is 0. The lowest BCUT2D eigenvalue weighted by molar-refractivity contribution is -0.167. The number of hydrogen-bond donors (Lipinski definition) is 0. The van der Waals surface area contributed by atoms with Crippen LogP contribution < -0.4 is 0 Å². The lowest BCUT2D eigenvalue weighted by atomic mass is 10.00. The molecule has 0 N–H and O–H groups in total. The molecule has 0 amide bonds. The van der Waals surface area contributed by atoms with E-state index in [4.69, 9.17) is 14.2 Å². The molecule has 0 heterocycles. The normalized spacial score (nSPS) is 12.6. The number of ether oxygens (including phenoxy) is 3. The van der Waals surface area contributed by atoms with Crippen molar-refractivity contribution in [2.24, 2.45) is 17.8 Å². The van der Waals surface area contributed by atoms with E-state index in [1.165, 1.54) is 161 Å². The fourth-order valence-corrected chi connectivity index (χ4v) is 7.73. The maximum atomic E-state index is 12.8. The molecule has 0 aliphatic carbocycles. The molecule has 0 aromatic heterocycles. The zero-order valence-electron chi connectivity index (χ0n) is 39.8. The number of carbonyl (C=O) groups is 3. The van der Waals surface area contributed by atoms with Crippen LogP contribution >= 0.6 is 0 Å². The summed E-state index contributed by atoms with van der Waals surface area (Å²) in [6.07, 6.45) is 42.4. The molecule has 0 bridgehead atoms. The van der Waals surface area contributed by atoms with Crippen molar-refractivity contribution in [3.05, 3.63) is 0 Å². The van der Waals surface area contributed by atoms with Crippen molar-refractivity contribution < 1.29 is 28.6 Å². The first-order chi connectivity index (χ1) is 28.1. The third-order valence-corrected chi connectivity index (χ3v) is 12.0. The summed E-state index contributed by atoms with van der Waals surface area (Å²) in [6.45, 7) is 13.7. The van der Waals surface area contributed by atoms with Gasteiger partial charge in [-0.2, -0.15) is 0 Å². The van der Waals surface area contributed by atoms with Crippen LogP contribution in [0, 0.1) is 17.8 Å². The summed E-state index contributed by atoms with van der Waals surface area (Å²) in [5.41, 5.74) is 0. The minimum Gasteiger partial charge on any atom is -0.462 e. The zero-order valence-corrected chi connectivity index (χ0v) is 39.8. The van der Waals surface area contributed by atoms with Crippen molar-refractivity contribution in [1.29, 1.82) is 0 Å². The molecule has 0 spiro atoms. The predicted octanol–water partition coefficient (Wildman–Crippen LogP) is 16.4. The molecule has 6 heteroatoms. The fraction of sp³-hybridized carbons (Fsp3) is 0.942. The molecule has 0 aliphatic rings. The van der Waals surface area contributed by atoms with E-state index in [-0.39, 0.29) is 31.1 Å². The van der Waals surface area contributed by atoms with Crippen molar-refractivity contribution in [3.8, 4) is 0 Å². The molecule has 0 rings (SSSR count). The van der Waals surface area contributed by atoms with E-state index >= 15 is 0 Å². The number of esters is 3. The Morgan fingerprint density at radius 1 is 0.345 bits per heavy atom. The first-order valence-corrected chi connectivity index (χ1v) is 25.6. The van der Waals surface area contributed by atoms with Crippen molar-refractivity contribution in [2.45, 2.75) is 285 Å². The Morgan fingerprint density at radius 2 is 0.603 bits per heavy atom. The van der Waals surface area contributed by atoms with Gasteiger partial charge in [-0.1, -0.05) is 241 Å². The second-order valence-corrected chi connectivity index (χ2v) is 19.0. The largest absolute Gasteiger partial charge is 0.462 e. The van der Waals surface area contributed by atoms with Gasteiger partial charge in [0.1, 0.15) is 13.2 Å². The van der Waals surface area contributed by atoms with Crippen molar-refractivity contribution in [3.63, 3.8) is 0 Å². The van der Waals surface area contributed by atoms with E-state index in [1.807, 2.05) is 0 Å². The van der Waals surface area contributed by atoms with Gasteiger partial charge in [0.05, 0.1) is 0 Å². The summed E-state index contributed by atoms with van der Waals surface area (Å²) < 4.78 is 16.8. The van der Waals surface area contributed by atoms with Crippen LogP contribution in [0.1, 0.15) is 279 Å². The molecule has 0 aromatic rings. The number of carbonyl (C=O) groups excluding carboxylic acids is 3. The maximum absolute atomic E-state index is 12.8. The van der Waals surface area contributed by atoms with E-state index in [0.717, 1.165) is 75.5 Å².